The molecule has 20 heavy (non-hydrogen) atoms. The van der Waals surface area contributed by atoms with Gasteiger partial charge in [0.15, 0.2) is 0 Å². The summed E-state index contributed by atoms with van der Waals surface area (Å²) < 4.78 is 5.67. The van der Waals surface area contributed by atoms with E-state index in [1.54, 1.807) is 0 Å². The second-order valence-electron chi connectivity index (χ2n) is 5.47. The van der Waals surface area contributed by atoms with Crippen LogP contribution in [0.4, 0.5) is 0 Å². The van der Waals surface area contributed by atoms with E-state index < -0.39 is 0 Å². The predicted octanol–water partition coefficient (Wildman–Crippen LogP) is -0.0364. The van der Waals surface area contributed by atoms with Crippen LogP contribution in [0.15, 0.2) is 0 Å². The predicted molar refractivity (Wildman–Crippen MR) is 75.0 cm³/mol. The zero-order valence-corrected chi connectivity index (χ0v) is 12.2. The molecule has 2 heterocycles. The molecule has 2 atom stereocenters. The van der Waals surface area contributed by atoms with E-state index >= 15 is 0 Å². The zero-order chi connectivity index (χ0) is 14.5. The summed E-state index contributed by atoms with van der Waals surface area (Å²) in [4.78, 5) is 27.8. The molecular weight excluding hydrogens is 258 g/mol. The lowest BCUT2D eigenvalue weighted by molar-refractivity contribution is -0.143. The normalized spacial score (nSPS) is 27.5. The van der Waals surface area contributed by atoms with Crippen molar-refractivity contribution in [1.82, 2.24) is 9.80 Å². The first-order chi connectivity index (χ1) is 9.65. The molecule has 2 rings (SSSR count). The van der Waals surface area contributed by atoms with E-state index in [0.29, 0.717) is 32.6 Å². The fourth-order valence-corrected chi connectivity index (χ4v) is 2.88. The number of carbonyl (C=O) groups excluding carboxylic acids is 2. The lowest BCUT2D eigenvalue weighted by Crippen LogP contribution is -2.42. The first kappa shape index (κ1) is 15.3. The van der Waals surface area contributed by atoms with E-state index in [0.717, 1.165) is 25.8 Å². The van der Waals surface area contributed by atoms with Crippen molar-refractivity contribution in [2.45, 2.75) is 44.8 Å². The maximum Gasteiger partial charge on any atom is 0.251 e. The molecule has 2 aliphatic heterocycles. The molecule has 0 aliphatic carbocycles. The van der Waals surface area contributed by atoms with E-state index in [1.807, 2.05) is 16.7 Å². The van der Waals surface area contributed by atoms with Crippen molar-refractivity contribution in [1.29, 1.82) is 0 Å². The Morgan fingerprint density at radius 2 is 1.85 bits per heavy atom. The van der Waals surface area contributed by atoms with Gasteiger partial charge < -0.3 is 20.3 Å². The van der Waals surface area contributed by atoms with E-state index in [4.69, 9.17) is 10.5 Å². The Bertz CT molecular complexity index is 362. The lowest BCUT2D eigenvalue weighted by Gasteiger charge is -2.24. The summed E-state index contributed by atoms with van der Waals surface area (Å²) in [6.07, 6.45) is 2.67. The van der Waals surface area contributed by atoms with Crippen molar-refractivity contribution in [3.63, 3.8) is 0 Å². The van der Waals surface area contributed by atoms with E-state index in [2.05, 4.69) is 0 Å². The van der Waals surface area contributed by atoms with Crippen LogP contribution in [0.5, 0.6) is 0 Å². The number of ether oxygens (including phenoxy) is 1. The fraction of sp³-hybridized carbons (Fsp3) is 0.857. The zero-order valence-electron chi connectivity index (χ0n) is 12.2. The Labute approximate surface area is 120 Å². The molecule has 0 radical (unpaired) electrons. The Morgan fingerprint density at radius 1 is 1.15 bits per heavy atom. The molecule has 0 aromatic heterocycles. The molecular formula is C14H25N3O3. The van der Waals surface area contributed by atoms with Crippen LogP contribution in [0.3, 0.4) is 0 Å². The molecule has 6 nitrogen and oxygen atoms in total. The molecule has 0 aromatic carbocycles. The number of hydrogen-bond acceptors (Lipinski definition) is 4. The van der Waals surface area contributed by atoms with Crippen molar-refractivity contribution in [2.75, 3.05) is 32.7 Å². The molecule has 6 heteroatoms. The second-order valence-corrected chi connectivity index (χ2v) is 5.47. The van der Waals surface area contributed by atoms with Gasteiger partial charge in [-0.2, -0.15) is 0 Å². The standard InChI is InChI=1S/C14H25N3O3/c1-2-13(18)16-6-3-7-17(9-8-16)14(19)12-5-4-11(10-15)20-12/h11-12H,2-10,15H2,1H3. The first-order valence-electron chi connectivity index (χ1n) is 7.57. The van der Waals surface area contributed by atoms with Gasteiger partial charge in [-0.05, 0) is 19.3 Å². The van der Waals surface area contributed by atoms with Crippen LogP contribution >= 0.6 is 0 Å². The highest BCUT2D eigenvalue weighted by molar-refractivity contribution is 5.81. The van der Waals surface area contributed by atoms with Crippen LogP contribution < -0.4 is 5.73 Å². The SMILES string of the molecule is CCC(=O)N1CCCN(C(=O)C2CCC(CN)O2)CC1. The van der Waals surface area contributed by atoms with E-state index in [-0.39, 0.29) is 24.0 Å². The molecule has 2 aliphatic rings. The summed E-state index contributed by atoms with van der Waals surface area (Å²) in [5.74, 6) is 0.228. The average Bonchev–Trinajstić information content (AvgIpc) is 2.82. The molecule has 2 fully saturated rings. The smallest absolute Gasteiger partial charge is 0.251 e. The van der Waals surface area contributed by atoms with Crippen molar-refractivity contribution in [3.05, 3.63) is 0 Å². The van der Waals surface area contributed by atoms with Crippen molar-refractivity contribution in [3.8, 4) is 0 Å². The van der Waals surface area contributed by atoms with Crippen LogP contribution in [-0.2, 0) is 14.3 Å². The van der Waals surface area contributed by atoms with Gasteiger partial charge in [-0.25, -0.2) is 0 Å². The average molecular weight is 283 g/mol. The largest absolute Gasteiger partial charge is 0.364 e. The Morgan fingerprint density at radius 3 is 2.50 bits per heavy atom. The van der Waals surface area contributed by atoms with Gasteiger partial charge in [-0.1, -0.05) is 6.92 Å². The molecule has 2 N–H and O–H groups in total. The Kier molecular flexibility index (Phi) is 5.37. The summed E-state index contributed by atoms with van der Waals surface area (Å²) in [5, 5.41) is 0. The van der Waals surface area contributed by atoms with Gasteiger partial charge in [0, 0.05) is 39.1 Å². The molecule has 0 aromatic rings. The van der Waals surface area contributed by atoms with Crippen LogP contribution in [-0.4, -0.2) is 66.5 Å². The number of amides is 2. The monoisotopic (exact) mass is 283 g/mol. The molecule has 2 amide bonds. The van der Waals surface area contributed by atoms with Gasteiger partial charge in [-0.3, -0.25) is 9.59 Å². The minimum Gasteiger partial charge on any atom is -0.364 e. The number of nitrogens with two attached hydrogens (primary N) is 1. The molecule has 0 saturated carbocycles. The minimum atomic E-state index is -0.336. The third-order valence-electron chi connectivity index (χ3n) is 4.11. The molecule has 0 bridgehead atoms. The van der Waals surface area contributed by atoms with Crippen LogP contribution in [0.25, 0.3) is 0 Å². The highest BCUT2D eigenvalue weighted by atomic mass is 16.5. The van der Waals surface area contributed by atoms with Gasteiger partial charge in [0.25, 0.3) is 5.91 Å². The number of rotatable bonds is 3. The fourth-order valence-electron chi connectivity index (χ4n) is 2.88. The number of nitrogens with zero attached hydrogens (tertiary/aromatic N) is 2. The minimum absolute atomic E-state index is 0.0223. The highest BCUT2D eigenvalue weighted by Gasteiger charge is 2.33. The van der Waals surface area contributed by atoms with Gasteiger partial charge in [0.05, 0.1) is 6.10 Å². The van der Waals surface area contributed by atoms with Crippen LogP contribution in [0, 0.1) is 0 Å². The van der Waals surface area contributed by atoms with Crippen molar-refractivity contribution >= 4 is 11.8 Å². The highest BCUT2D eigenvalue weighted by Crippen LogP contribution is 2.21. The molecule has 2 unspecified atom stereocenters. The third-order valence-corrected chi connectivity index (χ3v) is 4.11. The van der Waals surface area contributed by atoms with Gasteiger partial charge in [-0.15, -0.1) is 0 Å². The van der Waals surface area contributed by atoms with Gasteiger partial charge in [0.1, 0.15) is 6.10 Å². The first-order valence-corrected chi connectivity index (χ1v) is 7.57. The van der Waals surface area contributed by atoms with E-state index in [9.17, 15) is 9.59 Å². The summed E-state index contributed by atoms with van der Waals surface area (Å²) >= 11 is 0. The maximum absolute atomic E-state index is 12.4. The molecule has 0 spiro atoms. The van der Waals surface area contributed by atoms with Crippen molar-refractivity contribution in [2.24, 2.45) is 5.73 Å². The van der Waals surface area contributed by atoms with Crippen molar-refractivity contribution < 1.29 is 14.3 Å². The summed E-state index contributed by atoms with van der Waals surface area (Å²) in [5.41, 5.74) is 5.57. The lowest BCUT2D eigenvalue weighted by atomic mass is 10.2. The number of hydrogen-bond donors (Lipinski definition) is 1. The quantitative estimate of drug-likeness (QED) is 0.789. The summed E-state index contributed by atoms with van der Waals surface area (Å²) in [6, 6.07) is 0. The molecule has 2 saturated heterocycles. The van der Waals surface area contributed by atoms with Gasteiger partial charge in [0.2, 0.25) is 5.91 Å². The summed E-state index contributed by atoms with van der Waals surface area (Å²) in [6.45, 7) is 5.04. The Hall–Kier alpha value is -1.14. The van der Waals surface area contributed by atoms with E-state index in [1.165, 1.54) is 0 Å². The van der Waals surface area contributed by atoms with Crippen LogP contribution in [0.1, 0.15) is 32.6 Å². The summed E-state index contributed by atoms with van der Waals surface area (Å²) in [7, 11) is 0. The van der Waals surface area contributed by atoms with Gasteiger partial charge >= 0.3 is 0 Å². The van der Waals surface area contributed by atoms with Crippen LogP contribution in [0.2, 0.25) is 0 Å². The third kappa shape index (κ3) is 3.49. The second kappa shape index (κ2) is 7.04. The Balaban J connectivity index is 1.87. The maximum atomic E-state index is 12.4. The molecule has 114 valence electrons. The number of carbonyl (C=O) groups is 2. The topological polar surface area (TPSA) is 75.9 Å².